The first kappa shape index (κ1) is 15.0. The minimum atomic E-state index is -0.147. The van der Waals surface area contributed by atoms with Crippen molar-refractivity contribution in [2.75, 3.05) is 5.32 Å². The van der Waals surface area contributed by atoms with E-state index >= 15 is 0 Å². The van der Waals surface area contributed by atoms with Crippen molar-refractivity contribution in [3.63, 3.8) is 0 Å². The van der Waals surface area contributed by atoms with Gasteiger partial charge in [-0.15, -0.1) is 0 Å². The van der Waals surface area contributed by atoms with Gasteiger partial charge in [0.25, 0.3) is 0 Å². The van der Waals surface area contributed by atoms with Crippen molar-refractivity contribution in [1.29, 1.82) is 5.26 Å². The van der Waals surface area contributed by atoms with Crippen LogP contribution in [0.1, 0.15) is 11.1 Å². The topological polar surface area (TPSA) is 65.8 Å². The molecule has 0 bridgehead atoms. The van der Waals surface area contributed by atoms with E-state index in [4.69, 9.17) is 16.9 Å². The Morgan fingerprint density at radius 3 is 2.87 bits per heavy atom. The minimum Gasteiger partial charge on any atom is -0.324 e. The van der Waals surface area contributed by atoms with Gasteiger partial charge in [0.2, 0.25) is 5.91 Å². The third-order valence-corrected chi connectivity index (χ3v) is 3.65. The van der Waals surface area contributed by atoms with Crippen molar-refractivity contribution >= 4 is 34.0 Å². The second kappa shape index (κ2) is 6.47. The molecule has 0 aliphatic carbocycles. The molecule has 0 aliphatic rings. The SMILES string of the molecule is N#Cc1ccc2c(NC(=O)Cc3cccc(Cl)c3)cncc2c1. The molecule has 1 N–H and O–H groups in total. The molecule has 0 atom stereocenters. The van der Waals surface area contributed by atoms with Crippen LogP contribution in [0.4, 0.5) is 5.69 Å². The molecule has 1 amide bonds. The highest BCUT2D eigenvalue weighted by Gasteiger charge is 2.08. The lowest BCUT2D eigenvalue weighted by molar-refractivity contribution is -0.115. The number of carbonyl (C=O) groups excluding carboxylic acids is 1. The molecule has 0 spiro atoms. The first-order valence-corrected chi connectivity index (χ1v) is 7.35. The molecule has 0 unspecified atom stereocenters. The molecule has 4 nitrogen and oxygen atoms in total. The van der Waals surface area contributed by atoms with Crippen LogP contribution in [0.15, 0.2) is 54.9 Å². The van der Waals surface area contributed by atoms with E-state index in [2.05, 4.69) is 16.4 Å². The average molecular weight is 322 g/mol. The third-order valence-electron chi connectivity index (χ3n) is 3.42. The molecule has 112 valence electrons. The first-order chi connectivity index (χ1) is 11.2. The van der Waals surface area contributed by atoms with E-state index in [1.165, 1.54) is 0 Å². The highest BCUT2D eigenvalue weighted by molar-refractivity contribution is 6.30. The van der Waals surface area contributed by atoms with Gasteiger partial charge >= 0.3 is 0 Å². The number of nitrogens with zero attached hydrogens (tertiary/aromatic N) is 2. The largest absolute Gasteiger partial charge is 0.324 e. The van der Waals surface area contributed by atoms with Gasteiger partial charge in [-0.25, -0.2) is 0 Å². The Hall–Kier alpha value is -2.90. The van der Waals surface area contributed by atoms with Gasteiger partial charge in [0.1, 0.15) is 0 Å². The van der Waals surface area contributed by atoms with Gasteiger partial charge in [-0.1, -0.05) is 29.8 Å². The van der Waals surface area contributed by atoms with Crippen LogP contribution in [0.2, 0.25) is 5.02 Å². The van der Waals surface area contributed by atoms with Gasteiger partial charge in [0.15, 0.2) is 0 Å². The molecule has 1 aromatic heterocycles. The van der Waals surface area contributed by atoms with Crippen molar-refractivity contribution in [2.45, 2.75) is 6.42 Å². The van der Waals surface area contributed by atoms with Gasteiger partial charge in [-0.3, -0.25) is 9.78 Å². The standard InChI is InChI=1S/C18H12ClN3O/c19-15-3-1-2-12(7-15)8-18(23)22-17-11-21-10-14-6-13(9-20)4-5-16(14)17/h1-7,10-11H,8H2,(H,22,23). The van der Waals surface area contributed by atoms with Crippen LogP contribution in [0, 0.1) is 11.3 Å². The Bertz CT molecular complexity index is 931. The van der Waals surface area contributed by atoms with Crippen LogP contribution in [0.3, 0.4) is 0 Å². The number of halogens is 1. The highest BCUT2D eigenvalue weighted by atomic mass is 35.5. The zero-order valence-electron chi connectivity index (χ0n) is 12.1. The summed E-state index contributed by atoms with van der Waals surface area (Å²) in [7, 11) is 0. The number of nitrogens with one attached hydrogen (secondary N) is 1. The van der Waals surface area contributed by atoms with E-state index in [-0.39, 0.29) is 12.3 Å². The smallest absolute Gasteiger partial charge is 0.228 e. The average Bonchev–Trinajstić information content (AvgIpc) is 2.54. The van der Waals surface area contributed by atoms with E-state index in [1.54, 1.807) is 36.7 Å². The molecular weight excluding hydrogens is 310 g/mol. The molecule has 0 aliphatic heterocycles. The summed E-state index contributed by atoms with van der Waals surface area (Å²) < 4.78 is 0. The maximum atomic E-state index is 12.2. The fraction of sp³-hybridized carbons (Fsp3) is 0.0556. The molecule has 0 fully saturated rings. The lowest BCUT2D eigenvalue weighted by Crippen LogP contribution is -2.14. The number of pyridine rings is 1. The molecule has 2 aromatic carbocycles. The van der Waals surface area contributed by atoms with Crippen molar-refractivity contribution in [1.82, 2.24) is 4.98 Å². The van der Waals surface area contributed by atoms with Crippen molar-refractivity contribution in [3.05, 3.63) is 71.0 Å². The third kappa shape index (κ3) is 3.47. The molecular formula is C18H12ClN3O. The van der Waals surface area contributed by atoms with Crippen LogP contribution in [0.25, 0.3) is 10.8 Å². The van der Waals surface area contributed by atoms with E-state index in [0.29, 0.717) is 16.3 Å². The van der Waals surface area contributed by atoms with Crippen LogP contribution in [-0.2, 0) is 11.2 Å². The Labute approximate surface area is 138 Å². The number of hydrogen-bond acceptors (Lipinski definition) is 3. The molecule has 0 radical (unpaired) electrons. The fourth-order valence-corrected chi connectivity index (χ4v) is 2.59. The monoisotopic (exact) mass is 321 g/mol. The number of anilines is 1. The van der Waals surface area contributed by atoms with E-state index in [9.17, 15) is 4.79 Å². The maximum absolute atomic E-state index is 12.2. The van der Waals surface area contributed by atoms with Gasteiger partial charge < -0.3 is 5.32 Å². The molecule has 1 heterocycles. The van der Waals surface area contributed by atoms with E-state index < -0.39 is 0 Å². The number of benzene rings is 2. The van der Waals surface area contributed by atoms with Crippen molar-refractivity contribution in [2.24, 2.45) is 0 Å². The van der Waals surface area contributed by atoms with E-state index in [0.717, 1.165) is 16.3 Å². The zero-order valence-corrected chi connectivity index (χ0v) is 12.8. The number of nitriles is 1. The Morgan fingerprint density at radius 1 is 1.22 bits per heavy atom. The summed E-state index contributed by atoms with van der Waals surface area (Å²) in [6, 6.07) is 14.6. The molecule has 5 heteroatoms. The summed E-state index contributed by atoms with van der Waals surface area (Å²) in [5.74, 6) is -0.147. The summed E-state index contributed by atoms with van der Waals surface area (Å²) in [5, 5.41) is 14.1. The quantitative estimate of drug-likeness (QED) is 0.794. The number of aromatic nitrogens is 1. The summed E-state index contributed by atoms with van der Waals surface area (Å²) >= 11 is 5.93. The van der Waals surface area contributed by atoms with Gasteiger partial charge in [-0.2, -0.15) is 5.26 Å². The Morgan fingerprint density at radius 2 is 2.09 bits per heavy atom. The second-order valence-electron chi connectivity index (χ2n) is 5.09. The predicted octanol–water partition coefficient (Wildman–Crippen LogP) is 3.94. The summed E-state index contributed by atoms with van der Waals surface area (Å²) in [6.07, 6.45) is 3.50. The molecule has 3 rings (SSSR count). The van der Waals surface area contributed by atoms with Crippen molar-refractivity contribution < 1.29 is 4.79 Å². The molecule has 23 heavy (non-hydrogen) atoms. The maximum Gasteiger partial charge on any atom is 0.228 e. The predicted molar refractivity (Wildman–Crippen MR) is 90.2 cm³/mol. The lowest BCUT2D eigenvalue weighted by atomic mass is 10.1. The van der Waals surface area contributed by atoms with Crippen LogP contribution in [0.5, 0.6) is 0 Å². The lowest BCUT2D eigenvalue weighted by Gasteiger charge is -2.08. The molecule has 0 saturated heterocycles. The van der Waals surface area contributed by atoms with Crippen LogP contribution < -0.4 is 5.32 Å². The highest BCUT2D eigenvalue weighted by Crippen LogP contribution is 2.23. The van der Waals surface area contributed by atoms with Crippen LogP contribution in [-0.4, -0.2) is 10.9 Å². The van der Waals surface area contributed by atoms with Crippen LogP contribution >= 0.6 is 11.6 Å². The number of carbonyl (C=O) groups is 1. The minimum absolute atomic E-state index is 0.147. The van der Waals surface area contributed by atoms with Crippen molar-refractivity contribution in [3.8, 4) is 6.07 Å². The van der Waals surface area contributed by atoms with Gasteiger partial charge in [-0.05, 0) is 29.8 Å². The fourth-order valence-electron chi connectivity index (χ4n) is 2.37. The number of amides is 1. The van der Waals surface area contributed by atoms with E-state index in [1.807, 2.05) is 18.2 Å². The first-order valence-electron chi connectivity index (χ1n) is 6.98. The summed E-state index contributed by atoms with van der Waals surface area (Å²) in [4.78, 5) is 16.3. The Kier molecular flexibility index (Phi) is 4.22. The summed E-state index contributed by atoms with van der Waals surface area (Å²) in [5.41, 5.74) is 2.02. The Balaban J connectivity index is 1.84. The normalized spacial score (nSPS) is 10.3. The molecule has 0 saturated carbocycles. The number of hydrogen-bond donors (Lipinski definition) is 1. The summed E-state index contributed by atoms with van der Waals surface area (Å²) in [6.45, 7) is 0. The zero-order chi connectivity index (χ0) is 16.2. The number of rotatable bonds is 3. The number of fused-ring (bicyclic) bond motifs is 1. The molecule has 3 aromatic rings. The second-order valence-corrected chi connectivity index (χ2v) is 5.53. The van der Waals surface area contributed by atoms with Gasteiger partial charge in [0, 0.05) is 22.0 Å². The van der Waals surface area contributed by atoms with Gasteiger partial charge in [0.05, 0.1) is 29.9 Å².